The molecule has 5 nitrogen and oxygen atoms in total. The lowest BCUT2D eigenvalue weighted by Crippen LogP contribution is -2.45. The number of fused-ring (bicyclic) bond motifs is 5. The monoisotopic (exact) mass is 435 g/mol. The van der Waals surface area contributed by atoms with Crippen LogP contribution in [0.2, 0.25) is 0 Å². The maximum Gasteiger partial charge on any atom is 0.404 e. The molecule has 3 aliphatic carbocycles. The van der Waals surface area contributed by atoms with Gasteiger partial charge in [-0.15, -0.1) is 0 Å². The van der Waals surface area contributed by atoms with E-state index in [1.54, 1.807) is 7.11 Å². The van der Waals surface area contributed by atoms with Gasteiger partial charge in [-0.05, 0) is 85.1 Å². The van der Waals surface area contributed by atoms with Gasteiger partial charge in [0.1, 0.15) is 12.7 Å². The van der Waals surface area contributed by atoms with Gasteiger partial charge in [0.15, 0.2) is 11.5 Å². The highest BCUT2D eigenvalue weighted by Gasteiger charge is 2.56. The average Bonchev–Trinajstić information content (AvgIpc) is 3.13. The fourth-order valence-corrected chi connectivity index (χ4v) is 6.87. The van der Waals surface area contributed by atoms with E-state index in [0.717, 1.165) is 49.2 Å². The van der Waals surface area contributed by atoms with Crippen molar-refractivity contribution in [3.8, 4) is 11.5 Å². The number of hydrogen-bond donors (Lipinski definition) is 1. The molecular weight excluding hydrogens is 402 g/mol. The second-order valence-corrected chi connectivity index (χ2v) is 9.94. The predicted octanol–water partition coefficient (Wildman–Crippen LogP) is 5.59. The lowest BCUT2D eigenvalue weighted by molar-refractivity contribution is -0.0291. The summed E-state index contributed by atoms with van der Waals surface area (Å²) in [6.07, 6.45) is 5.75. The van der Waals surface area contributed by atoms with Crippen molar-refractivity contribution in [3.05, 3.63) is 59.2 Å². The molecule has 2 N–H and O–H groups in total. The summed E-state index contributed by atoms with van der Waals surface area (Å²) in [7, 11) is 1.72. The molecule has 32 heavy (non-hydrogen) atoms. The van der Waals surface area contributed by atoms with Crippen LogP contribution in [0, 0.1) is 17.3 Å². The van der Waals surface area contributed by atoms with Crippen molar-refractivity contribution in [2.45, 2.75) is 64.1 Å². The Morgan fingerprint density at radius 1 is 1.09 bits per heavy atom. The van der Waals surface area contributed by atoms with Gasteiger partial charge in [-0.25, -0.2) is 4.79 Å². The molecule has 1 amide bonds. The third-order valence-electron chi connectivity index (χ3n) is 8.42. The third-order valence-corrected chi connectivity index (χ3v) is 8.42. The van der Waals surface area contributed by atoms with Crippen molar-refractivity contribution in [1.82, 2.24) is 0 Å². The van der Waals surface area contributed by atoms with Gasteiger partial charge in [-0.3, -0.25) is 0 Å². The van der Waals surface area contributed by atoms with Crippen LogP contribution in [0.15, 0.2) is 42.5 Å². The summed E-state index contributed by atoms with van der Waals surface area (Å²) in [5.74, 6) is 3.35. The van der Waals surface area contributed by atoms with Crippen LogP contribution in [0.3, 0.4) is 0 Å². The number of nitrogens with two attached hydrogens (primary N) is 1. The Kier molecular flexibility index (Phi) is 5.52. The number of carbonyl (C=O) groups is 1. The van der Waals surface area contributed by atoms with E-state index < -0.39 is 6.09 Å². The number of aryl methyl sites for hydroxylation is 1. The fraction of sp³-hybridized carbons (Fsp3) is 0.519. The summed E-state index contributed by atoms with van der Waals surface area (Å²) in [4.78, 5) is 11.4. The van der Waals surface area contributed by atoms with E-state index in [-0.39, 0.29) is 11.5 Å². The van der Waals surface area contributed by atoms with Gasteiger partial charge in [0.2, 0.25) is 0 Å². The van der Waals surface area contributed by atoms with Gasteiger partial charge in [-0.1, -0.05) is 37.3 Å². The zero-order valence-corrected chi connectivity index (χ0v) is 19.0. The lowest BCUT2D eigenvalue weighted by Gasteiger charge is -2.50. The van der Waals surface area contributed by atoms with E-state index in [4.69, 9.17) is 19.9 Å². The third kappa shape index (κ3) is 3.62. The first-order valence-corrected chi connectivity index (χ1v) is 11.8. The van der Waals surface area contributed by atoms with E-state index >= 15 is 0 Å². The summed E-state index contributed by atoms with van der Waals surface area (Å²) in [6.45, 7) is 2.84. The van der Waals surface area contributed by atoms with Crippen molar-refractivity contribution in [3.63, 3.8) is 0 Å². The number of carbonyl (C=O) groups excluding carboxylic acids is 1. The molecule has 170 valence electrons. The number of benzene rings is 2. The summed E-state index contributed by atoms with van der Waals surface area (Å²) in [6, 6.07) is 14.7. The molecule has 0 aromatic heterocycles. The molecule has 2 fully saturated rings. The molecule has 0 bridgehead atoms. The van der Waals surface area contributed by atoms with Crippen LogP contribution in [-0.2, 0) is 17.8 Å². The van der Waals surface area contributed by atoms with Gasteiger partial charge in [0.05, 0.1) is 7.11 Å². The molecule has 0 radical (unpaired) electrons. The van der Waals surface area contributed by atoms with Crippen LogP contribution in [-0.4, -0.2) is 19.3 Å². The second kappa shape index (κ2) is 8.34. The molecule has 3 unspecified atom stereocenters. The van der Waals surface area contributed by atoms with E-state index in [1.165, 1.54) is 17.5 Å². The normalized spacial score (nSPS) is 30.6. The molecule has 0 saturated heterocycles. The van der Waals surface area contributed by atoms with Gasteiger partial charge >= 0.3 is 6.09 Å². The van der Waals surface area contributed by atoms with Crippen molar-refractivity contribution in [2.75, 3.05) is 7.11 Å². The Morgan fingerprint density at radius 3 is 2.66 bits per heavy atom. The zero-order valence-electron chi connectivity index (χ0n) is 19.0. The zero-order chi connectivity index (χ0) is 22.3. The van der Waals surface area contributed by atoms with Crippen LogP contribution >= 0.6 is 0 Å². The van der Waals surface area contributed by atoms with Crippen LogP contribution < -0.4 is 15.2 Å². The molecule has 3 aliphatic rings. The lowest BCUT2D eigenvalue weighted by atomic mass is 9.55. The second-order valence-electron chi connectivity index (χ2n) is 9.94. The van der Waals surface area contributed by atoms with Crippen molar-refractivity contribution in [2.24, 2.45) is 23.0 Å². The van der Waals surface area contributed by atoms with Crippen LogP contribution in [0.4, 0.5) is 4.79 Å². The Morgan fingerprint density at radius 2 is 1.91 bits per heavy atom. The number of hydrogen-bond acceptors (Lipinski definition) is 4. The Bertz CT molecular complexity index is 991. The van der Waals surface area contributed by atoms with Crippen LogP contribution in [0.5, 0.6) is 11.5 Å². The average molecular weight is 436 g/mol. The Hall–Kier alpha value is -2.69. The summed E-state index contributed by atoms with van der Waals surface area (Å²) in [5, 5.41) is 0. The first-order valence-electron chi connectivity index (χ1n) is 11.8. The van der Waals surface area contributed by atoms with E-state index in [1.807, 2.05) is 18.2 Å². The van der Waals surface area contributed by atoms with Gasteiger partial charge in [0, 0.05) is 5.41 Å². The first-order chi connectivity index (χ1) is 15.5. The minimum atomic E-state index is -0.638. The maximum absolute atomic E-state index is 11.4. The molecule has 5 heteroatoms. The number of ether oxygens (including phenoxy) is 3. The minimum Gasteiger partial charge on any atom is -0.493 e. The minimum absolute atomic E-state index is 0.0382. The highest BCUT2D eigenvalue weighted by Crippen LogP contribution is 2.62. The van der Waals surface area contributed by atoms with Crippen LogP contribution in [0.25, 0.3) is 0 Å². The number of rotatable bonds is 5. The van der Waals surface area contributed by atoms with E-state index in [2.05, 4.69) is 31.2 Å². The Labute approximate surface area is 190 Å². The Balaban J connectivity index is 1.38. The first kappa shape index (κ1) is 21.2. The number of amides is 1. The molecule has 0 aliphatic heterocycles. The van der Waals surface area contributed by atoms with Gasteiger partial charge < -0.3 is 19.9 Å². The summed E-state index contributed by atoms with van der Waals surface area (Å²) < 4.78 is 17.5. The molecule has 5 rings (SSSR count). The smallest absolute Gasteiger partial charge is 0.404 e. The highest BCUT2D eigenvalue weighted by molar-refractivity contribution is 5.65. The number of primary amides is 1. The van der Waals surface area contributed by atoms with Gasteiger partial charge in [0.25, 0.3) is 0 Å². The van der Waals surface area contributed by atoms with E-state index in [9.17, 15) is 4.79 Å². The molecule has 0 spiro atoms. The molecule has 2 aromatic rings. The van der Waals surface area contributed by atoms with Crippen molar-refractivity contribution >= 4 is 6.09 Å². The summed E-state index contributed by atoms with van der Waals surface area (Å²) >= 11 is 0. The maximum atomic E-state index is 11.4. The van der Waals surface area contributed by atoms with E-state index in [0.29, 0.717) is 24.4 Å². The topological polar surface area (TPSA) is 70.8 Å². The highest BCUT2D eigenvalue weighted by atomic mass is 16.6. The predicted molar refractivity (Wildman–Crippen MR) is 123 cm³/mol. The fourth-order valence-electron chi connectivity index (χ4n) is 6.87. The van der Waals surface area contributed by atoms with Crippen LogP contribution in [0.1, 0.15) is 61.6 Å². The number of methoxy groups -OCH3 is 1. The molecular formula is C27H33NO4. The molecule has 5 atom stereocenters. The summed E-state index contributed by atoms with van der Waals surface area (Å²) in [5.41, 5.74) is 9.37. The SMILES string of the molecule is COc1cc2c(cc1OCc1ccccc1)CCC1C2CC[C@@]2(C)C1CC[C@@H]2OC(N)=O. The van der Waals surface area contributed by atoms with Crippen molar-refractivity contribution < 1.29 is 19.0 Å². The van der Waals surface area contributed by atoms with Gasteiger partial charge in [-0.2, -0.15) is 0 Å². The largest absolute Gasteiger partial charge is 0.493 e. The quantitative estimate of drug-likeness (QED) is 0.664. The standard InChI is InChI=1S/C27H33NO4/c1-27-13-12-19-20(22(27)10-11-25(27)32-26(28)29)9-8-18-14-24(23(30-2)15-21(18)19)31-16-17-6-4-3-5-7-17/h3-7,14-15,19-20,22,25H,8-13,16H2,1-2H3,(H2,28,29)/t19?,20?,22?,25-,27-/m0/s1. The molecule has 2 aromatic carbocycles. The molecule has 0 heterocycles. The molecule has 2 saturated carbocycles. The van der Waals surface area contributed by atoms with Crippen molar-refractivity contribution in [1.29, 1.82) is 0 Å².